The lowest BCUT2D eigenvalue weighted by Crippen LogP contribution is -2.57. The maximum absolute atomic E-state index is 14.6. The van der Waals surface area contributed by atoms with Gasteiger partial charge in [0.2, 0.25) is 27.8 Å². The van der Waals surface area contributed by atoms with Crippen LogP contribution >= 0.6 is 0 Å². The van der Waals surface area contributed by atoms with Gasteiger partial charge in [-0.25, -0.2) is 22.0 Å². The molecule has 2 saturated carbocycles. The Hall–Kier alpha value is -3.59. The van der Waals surface area contributed by atoms with Crippen molar-refractivity contribution in [3.05, 3.63) is 47.5 Å². The second-order valence-corrected chi connectivity index (χ2v) is 14.7. The van der Waals surface area contributed by atoms with Gasteiger partial charge in [0, 0.05) is 38.3 Å². The molecule has 1 aromatic rings. The average molecular weight is 650 g/mol. The van der Waals surface area contributed by atoms with Crippen molar-refractivity contribution in [3.63, 3.8) is 0 Å². The molecule has 6 rings (SSSR count). The number of fused-ring (bicyclic) bond motifs is 3. The van der Waals surface area contributed by atoms with E-state index >= 15 is 0 Å². The highest BCUT2D eigenvalue weighted by Crippen LogP contribution is 2.46. The number of benzene rings is 1. The number of amides is 4. The number of hydrogen-bond acceptors (Lipinski definition) is 8. The van der Waals surface area contributed by atoms with Gasteiger partial charge in [0.25, 0.3) is 5.91 Å². The topological polar surface area (TPSA) is 168 Å². The number of nitrogens with zero attached hydrogens (tertiary/aromatic N) is 2. The third-order valence-electron chi connectivity index (χ3n) is 9.36. The molecule has 0 aromatic heterocycles. The average Bonchev–Trinajstić information content (AvgIpc) is 3.87. The highest BCUT2D eigenvalue weighted by molar-refractivity contribution is 7.91. The SMILES string of the molecule is N[C@H]1CCC(F)(F)CC/C=C\[C@H]2C[C@@]2(C(=O)NS(=O)(=O)C2CC2)NC(=O)[C@@H]2C[C@@H](OC(=O)N3Cc4ccccc4C3)CN2C1=O. The Kier molecular flexibility index (Phi) is 8.13. The highest BCUT2D eigenvalue weighted by Gasteiger charge is 2.62. The van der Waals surface area contributed by atoms with Crippen molar-refractivity contribution >= 4 is 33.8 Å². The van der Waals surface area contributed by atoms with Crippen LogP contribution in [0.15, 0.2) is 36.4 Å². The van der Waals surface area contributed by atoms with Crippen LogP contribution in [0.2, 0.25) is 0 Å². The Labute approximate surface area is 259 Å². The zero-order chi connectivity index (χ0) is 32.1. The Morgan fingerprint density at radius 2 is 1.76 bits per heavy atom. The molecule has 0 radical (unpaired) electrons. The molecule has 3 aliphatic heterocycles. The van der Waals surface area contributed by atoms with Gasteiger partial charge in [-0.3, -0.25) is 24.0 Å². The molecule has 12 nitrogen and oxygen atoms in total. The Morgan fingerprint density at radius 1 is 1.07 bits per heavy atom. The first kappa shape index (κ1) is 31.4. The molecular formula is C30H37F2N5O7S. The molecule has 5 aliphatic rings. The number of carbonyl (C=O) groups is 4. The quantitative estimate of drug-likeness (QED) is 0.414. The molecule has 0 spiro atoms. The predicted octanol–water partition coefficient (Wildman–Crippen LogP) is 1.68. The van der Waals surface area contributed by atoms with Crippen LogP contribution in [0.25, 0.3) is 0 Å². The zero-order valence-corrected chi connectivity index (χ0v) is 25.4. The van der Waals surface area contributed by atoms with E-state index in [1.54, 1.807) is 6.08 Å². The third kappa shape index (κ3) is 6.55. The minimum atomic E-state index is -3.95. The van der Waals surface area contributed by atoms with E-state index in [0.717, 1.165) is 16.0 Å². The van der Waals surface area contributed by atoms with Crippen molar-refractivity contribution in [3.8, 4) is 0 Å². The number of alkyl halides is 2. The van der Waals surface area contributed by atoms with Crippen LogP contribution in [0, 0.1) is 5.92 Å². The zero-order valence-electron chi connectivity index (χ0n) is 24.6. The van der Waals surface area contributed by atoms with Crippen LogP contribution in [0.1, 0.15) is 62.5 Å². The molecule has 244 valence electrons. The molecule has 0 unspecified atom stereocenters. The van der Waals surface area contributed by atoms with Gasteiger partial charge in [0.1, 0.15) is 17.7 Å². The maximum Gasteiger partial charge on any atom is 0.410 e. The van der Waals surface area contributed by atoms with E-state index in [1.165, 1.54) is 11.0 Å². The molecule has 2 aliphatic carbocycles. The summed E-state index contributed by atoms with van der Waals surface area (Å²) in [6.45, 7) is 0.472. The first-order valence-electron chi connectivity index (χ1n) is 15.3. The van der Waals surface area contributed by atoms with E-state index in [-0.39, 0.29) is 32.2 Å². The first-order chi connectivity index (χ1) is 21.3. The second-order valence-electron chi connectivity index (χ2n) is 12.8. The van der Waals surface area contributed by atoms with E-state index in [4.69, 9.17) is 10.5 Å². The number of ether oxygens (including phenoxy) is 1. The lowest BCUT2D eigenvalue weighted by atomic mass is 10.0. The van der Waals surface area contributed by atoms with Gasteiger partial charge in [-0.2, -0.15) is 0 Å². The van der Waals surface area contributed by atoms with Crippen LogP contribution in [-0.4, -0.2) is 83.5 Å². The lowest BCUT2D eigenvalue weighted by Gasteiger charge is -2.28. The minimum Gasteiger partial charge on any atom is -0.444 e. The molecular weight excluding hydrogens is 612 g/mol. The monoisotopic (exact) mass is 649 g/mol. The number of allylic oxidation sites excluding steroid dienone is 1. The summed E-state index contributed by atoms with van der Waals surface area (Å²) in [7, 11) is -3.95. The number of rotatable bonds is 4. The summed E-state index contributed by atoms with van der Waals surface area (Å²) in [6.07, 6.45) is 0.753. The molecule has 4 N–H and O–H groups in total. The smallest absolute Gasteiger partial charge is 0.410 e. The van der Waals surface area contributed by atoms with Crippen LogP contribution in [-0.2, 0) is 42.2 Å². The number of nitrogens with one attached hydrogen (secondary N) is 2. The van der Waals surface area contributed by atoms with Crippen molar-refractivity contribution in [2.75, 3.05) is 6.54 Å². The molecule has 1 saturated heterocycles. The van der Waals surface area contributed by atoms with E-state index in [0.29, 0.717) is 25.9 Å². The van der Waals surface area contributed by atoms with Gasteiger partial charge >= 0.3 is 6.09 Å². The van der Waals surface area contributed by atoms with Crippen molar-refractivity contribution in [1.82, 2.24) is 19.8 Å². The van der Waals surface area contributed by atoms with Crippen molar-refractivity contribution < 1.29 is 41.1 Å². The summed E-state index contributed by atoms with van der Waals surface area (Å²) in [5, 5.41) is 2.00. The summed E-state index contributed by atoms with van der Waals surface area (Å²) in [6, 6.07) is 4.97. The van der Waals surface area contributed by atoms with Crippen molar-refractivity contribution in [2.45, 2.75) is 99.4 Å². The van der Waals surface area contributed by atoms with Gasteiger partial charge in [0.05, 0.1) is 17.8 Å². The summed E-state index contributed by atoms with van der Waals surface area (Å²) in [4.78, 5) is 56.4. The molecule has 3 heterocycles. The molecule has 0 bridgehead atoms. The van der Waals surface area contributed by atoms with E-state index in [9.17, 15) is 36.4 Å². The fourth-order valence-corrected chi connectivity index (χ4v) is 7.77. The summed E-state index contributed by atoms with van der Waals surface area (Å²) >= 11 is 0. The minimum absolute atomic E-state index is 0.0252. The van der Waals surface area contributed by atoms with E-state index in [1.807, 2.05) is 24.3 Å². The molecule has 3 fully saturated rings. The number of nitrogens with two attached hydrogens (primary N) is 1. The maximum atomic E-state index is 14.6. The molecule has 4 amide bonds. The number of halogens is 2. The van der Waals surface area contributed by atoms with Gasteiger partial charge in [-0.15, -0.1) is 0 Å². The van der Waals surface area contributed by atoms with E-state index in [2.05, 4.69) is 10.0 Å². The molecule has 1 aromatic carbocycles. The summed E-state index contributed by atoms with van der Waals surface area (Å²) < 4.78 is 62.3. The molecule has 5 atom stereocenters. The van der Waals surface area contributed by atoms with Crippen LogP contribution in [0.3, 0.4) is 0 Å². The third-order valence-corrected chi connectivity index (χ3v) is 11.2. The first-order valence-corrected chi connectivity index (χ1v) is 16.8. The van der Waals surface area contributed by atoms with Crippen LogP contribution < -0.4 is 15.8 Å². The number of sulfonamides is 1. The van der Waals surface area contributed by atoms with Crippen LogP contribution in [0.5, 0.6) is 0 Å². The molecule has 45 heavy (non-hydrogen) atoms. The number of carbonyl (C=O) groups excluding carboxylic acids is 4. The highest BCUT2D eigenvalue weighted by atomic mass is 32.2. The van der Waals surface area contributed by atoms with Gasteiger partial charge in [-0.05, 0) is 43.2 Å². The second kappa shape index (κ2) is 11.6. The van der Waals surface area contributed by atoms with Crippen LogP contribution in [0.4, 0.5) is 13.6 Å². The van der Waals surface area contributed by atoms with Crippen molar-refractivity contribution in [1.29, 1.82) is 0 Å². The lowest BCUT2D eigenvalue weighted by molar-refractivity contribution is -0.141. The summed E-state index contributed by atoms with van der Waals surface area (Å²) in [5.41, 5.74) is 6.38. The summed E-state index contributed by atoms with van der Waals surface area (Å²) in [5.74, 6) is -6.18. The van der Waals surface area contributed by atoms with Gasteiger partial charge in [-0.1, -0.05) is 36.4 Å². The van der Waals surface area contributed by atoms with E-state index < -0.39 is 87.5 Å². The largest absolute Gasteiger partial charge is 0.444 e. The Morgan fingerprint density at radius 3 is 2.42 bits per heavy atom. The fourth-order valence-electron chi connectivity index (χ4n) is 6.40. The fraction of sp³-hybridized carbons (Fsp3) is 0.600. The van der Waals surface area contributed by atoms with Gasteiger partial charge in [0.15, 0.2) is 0 Å². The van der Waals surface area contributed by atoms with Gasteiger partial charge < -0.3 is 20.7 Å². The van der Waals surface area contributed by atoms with Crippen molar-refractivity contribution in [2.24, 2.45) is 11.7 Å². The standard InChI is InChI=1S/C30H37F2N5O7S/c31-29(32)11-4-3-7-20-14-30(20,27(40)35-45(42,43)22-8-9-22)34-25(38)24-13-21(17-37(24)26(39)23(33)10-12-29)44-28(41)36-15-18-5-1-2-6-19(18)16-36/h1-3,5-7,20-24H,4,8-17,33H2,(H,34,38)(H,35,40)/b7-3-/t20-,21+,23-,24-,30+/m0/s1. The predicted molar refractivity (Wildman–Crippen MR) is 156 cm³/mol. The Bertz CT molecular complexity index is 1510. The normalized spacial score (nSPS) is 32.2. The number of hydrogen-bond donors (Lipinski definition) is 3. The Balaban J connectivity index is 1.23. The molecule has 15 heteroatoms.